The van der Waals surface area contributed by atoms with Crippen LogP contribution >= 0.6 is 0 Å². The number of nitrogens with two attached hydrogens (primary N) is 1. The molecule has 1 aliphatic rings. The van der Waals surface area contributed by atoms with E-state index in [9.17, 15) is 4.79 Å². The molecular formula is C20H29N3O2. The number of ether oxygens (including phenoxy) is 1. The first-order chi connectivity index (χ1) is 11.8. The molecule has 1 heterocycles. The molecule has 1 aromatic heterocycles. The van der Waals surface area contributed by atoms with Crippen LogP contribution in [-0.2, 0) is 16.1 Å². The van der Waals surface area contributed by atoms with Gasteiger partial charge in [0.05, 0.1) is 11.6 Å². The largest absolute Gasteiger partial charge is 0.378 e. The average molecular weight is 343 g/mol. The highest BCUT2D eigenvalue weighted by atomic mass is 16.5. The third-order valence-electron chi connectivity index (χ3n) is 5.73. The van der Waals surface area contributed by atoms with Gasteiger partial charge in [-0.25, -0.2) is 0 Å². The predicted octanol–water partition coefficient (Wildman–Crippen LogP) is 3.52. The summed E-state index contributed by atoms with van der Waals surface area (Å²) >= 11 is 0. The Bertz CT molecular complexity index is 780. The summed E-state index contributed by atoms with van der Waals surface area (Å²) in [5.74, 6) is -0.138. The van der Waals surface area contributed by atoms with Crippen LogP contribution < -0.4 is 11.1 Å². The summed E-state index contributed by atoms with van der Waals surface area (Å²) < 4.78 is 7.93. The van der Waals surface area contributed by atoms with Gasteiger partial charge in [-0.1, -0.05) is 26.8 Å². The summed E-state index contributed by atoms with van der Waals surface area (Å²) in [4.78, 5) is 12.9. The maximum absolute atomic E-state index is 12.9. The molecule has 0 aliphatic heterocycles. The van der Waals surface area contributed by atoms with E-state index in [0.717, 1.165) is 24.2 Å². The molecule has 2 atom stereocenters. The Morgan fingerprint density at radius 2 is 2.12 bits per heavy atom. The molecule has 25 heavy (non-hydrogen) atoms. The van der Waals surface area contributed by atoms with Gasteiger partial charge in [0.15, 0.2) is 0 Å². The van der Waals surface area contributed by atoms with E-state index in [1.807, 2.05) is 39.0 Å². The fourth-order valence-corrected chi connectivity index (χ4v) is 3.76. The normalized spacial score (nSPS) is 24.9. The first kappa shape index (κ1) is 18.0. The molecule has 3 N–H and O–H groups in total. The molecule has 1 saturated carbocycles. The van der Waals surface area contributed by atoms with Gasteiger partial charge in [-0.3, -0.25) is 4.79 Å². The predicted molar refractivity (Wildman–Crippen MR) is 102 cm³/mol. The number of nitrogens with zero attached hydrogens (tertiary/aromatic N) is 1. The van der Waals surface area contributed by atoms with E-state index in [1.165, 1.54) is 5.39 Å². The molecule has 2 unspecified atom stereocenters. The topological polar surface area (TPSA) is 69.3 Å². The smallest absolute Gasteiger partial charge is 0.245 e. The number of fused-ring (bicyclic) bond motifs is 1. The number of carbonyl (C=O) groups excluding carboxylic acids is 1. The van der Waals surface area contributed by atoms with Crippen molar-refractivity contribution in [3.63, 3.8) is 0 Å². The van der Waals surface area contributed by atoms with Crippen LogP contribution in [0.3, 0.4) is 0 Å². The van der Waals surface area contributed by atoms with Crippen LogP contribution in [0.5, 0.6) is 0 Å². The van der Waals surface area contributed by atoms with Gasteiger partial charge >= 0.3 is 0 Å². The molecule has 136 valence electrons. The van der Waals surface area contributed by atoms with Crippen molar-refractivity contribution in [1.82, 2.24) is 4.57 Å². The van der Waals surface area contributed by atoms with Gasteiger partial charge in [0.1, 0.15) is 5.54 Å². The summed E-state index contributed by atoms with van der Waals surface area (Å²) in [6, 6.07) is 8.10. The summed E-state index contributed by atoms with van der Waals surface area (Å²) in [6.07, 6.45) is 3.73. The zero-order valence-corrected chi connectivity index (χ0v) is 15.6. The molecule has 5 nitrogen and oxygen atoms in total. The Balaban J connectivity index is 1.79. The number of aryl methyl sites for hydroxylation is 1. The number of carbonyl (C=O) groups is 1. The van der Waals surface area contributed by atoms with E-state index < -0.39 is 5.54 Å². The van der Waals surface area contributed by atoms with Crippen molar-refractivity contribution in [2.75, 3.05) is 11.9 Å². The molecule has 0 spiro atoms. The van der Waals surface area contributed by atoms with Gasteiger partial charge < -0.3 is 20.4 Å². The Morgan fingerprint density at radius 1 is 1.36 bits per heavy atom. The van der Waals surface area contributed by atoms with Crippen molar-refractivity contribution < 1.29 is 9.53 Å². The Kier molecular flexibility index (Phi) is 4.64. The van der Waals surface area contributed by atoms with Crippen molar-refractivity contribution in [3.8, 4) is 0 Å². The summed E-state index contributed by atoms with van der Waals surface area (Å²) in [7, 11) is 0. The lowest BCUT2D eigenvalue weighted by atomic mass is 9.54. The second-order valence-electron chi connectivity index (χ2n) is 7.58. The van der Waals surface area contributed by atoms with E-state index in [2.05, 4.69) is 29.1 Å². The molecule has 1 amide bonds. The highest BCUT2D eigenvalue weighted by molar-refractivity contribution is 6.01. The van der Waals surface area contributed by atoms with Gasteiger partial charge in [0.2, 0.25) is 5.91 Å². The van der Waals surface area contributed by atoms with Gasteiger partial charge in [-0.05, 0) is 36.9 Å². The molecule has 0 saturated heterocycles. The number of aromatic nitrogens is 1. The molecule has 2 aromatic rings. The Labute approximate surface area is 149 Å². The van der Waals surface area contributed by atoms with E-state index in [1.54, 1.807) is 0 Å². The lowest BCUT2D eigenvalue weighted by Gasteiger charge is -2.57. The maximum Gasteiger partial charge on any atom is 0.245 e. The minimum atomic E-state index is -0.910. The van der Waals surface area contributed by atoms with Gasteiger partial charge in [-0.15, -0.1) is 0 Å². The van der Waals surface area contributed by atoms with Crippen LogP contribution in [0.15, 0.2) is 30.5 Å². The highest BCUT2D eigenvalue weighted by Crippen LogP contribution is 2.50. The van der Waals surface area contributed by atoms with E-state index >= 15 is 0 Å². The SMILES string of the molecule is CCCn1ccc2ccc(NC(=O)C3(N)CC(OCC)C3(C)C)cc21. The van der Waals surface area contributed by atoms with Crippen LogP contribution in [-0.4, -0.2) is 28.7 Å². The number of rotatable bonds is 6. The number of amides is 1. The van der Waals surface area contributed by atoms with E-state index in [4.69, 9.17) is 10.5 Å². The van der Waals surface area contributed by atoms with Gasteiger partial charge in [-0.2, -0.15) is 0 Å². The van der Waals surface area contributed by atoms with Crippen LogP contribution in [0, 0.1) is 5.41 Å². The Hall–Kier alpha value is -1.85. The van der Waals surface area contributed by atoms with Crippen LogP contribution in [0.4, 0.5) is 5.69 Å². The summed E-state index contributed by atoms with van der Waals surface area (Å²) in [5, 5.41) is 4.20. The number of anilines is 1. The fourth-order valence-electron chi connectivity index (χ4n) is 3.76. The monoisotopic (exact) mass is 343 g/mol. The second-order valence-corrected chi connectivity index (χ2v) is 7.58. The maximum atomic E-state index is 12.9. The van der Waals surface area contributed by atoms with Crippen molar-refractivity contribution in [2.45, 2.75) is 58.7 Å². The Morgan fingerprint density at radius 3 is 2.76 bits per heavy atom. The van der Waals surface area contributed by atoms with Crippen molar-refractivity contribution >= 4 is 22.5 Å². The molecule has 1 aromatic carbocycles. The van der Waals surface area contributed by atoms with Gasteiger partial charge in [0.25, 0.3) is 0 Å². The summed E-state index contributed by atoms with van der Waals surface area (Å²) in [5.41, 5.74) is 7.08. The average Bonchev–Trinajstić information content (AvgIpc) is 2.97. The number of nitrogens with one attached hydrogen (secondary N) is 1. The minimum absolute atomic E-state index is 0.0255. The van der Waals surface area contributed by atoms with Crippen LogP contribution in [0.1, 0.15) is 40.5 Å². The number of benzene rings is 1. The minimum Gasteiger partial charge on any atom is -0.378 e. The zero-order chi connectivity index (χ0) is 18.2. The molecule has 1 fully saturated rings. The van der Waals surface area contributed by atoms with Gasteiger partial charge in [0, 0.05) is 36.9 Å². The molecule has 0 bridgehead atoms. The second kappa shape index (κ2) is 6.46. The number of hydrogen-bond acceptors (Lipinski definition) is 3. The fraction of sp³-hybridized carbons (Fsp3) is 0.550. The van der Waals surface area contributed by atoms with E-state index in [-0.39, 0.29) is 17.4 Å². The van der Waals surface area contributed by atoms with Crippen molar-refractivity contribution in [1.29, 1.82) is 0 Å². The van der Waals surface area contributed by atoms with Crippen molar-refractivity contribution in [3.05, 3.63) is 30.5 Å². The molecular weight excluding hydrogens is 314 g/mol. The molecule has 1 aliphatic carbocycles. The molecule has 5 heteroatoms. The third kappa shape index (κ3) is 2.85. The highest BCUT2D eigenvalue weighted by Gasteiger charge is 2.62. The molecule has 3 rings (SSSR count). The van der Waals surface area contributed by atoms with Crippen LogP contribution in [0.2, 0.25) is 0 Å². The lowest BCUT2D eigenvalue weighted by molar-refractivity contribution is -0.166. The quantitative estimate of drug-likeness (QED) is 0.843. The standard InChI is InChI=1S/C20H29N3O2/c1-5-10-23-11-9-14-7-8-15(12-16(14)23)22-18(24)20(21)13-17(25-6-2)19(20,3)4/h7-9,11-12,17H,5-6,10,13,21H2,1-4H3,(H,22,24). The van der Waals surface area contributed by atoms with Crippen molar-refractivity contribution in [2.24, 2.45) is 11.1 Å². The van der Waals surface area contributed by atoms with Crippen LogP contribution in [0.25, 0.3) is 10.9 Å². The lowest BCUT2D eigenvalue weighted by Crippen LogP contribution is -2.74. The number of hydrogen-bond donors (Lipinski definition) is 2. The zero-order valence-electron chi connectivity index (χ0n) is 15.6. The molecule has 0 radical (unpaired) electrons. The first-order valence-electron chi connectivity index (χ1n) is 9.14. The summed E-state index contributed by atoms with van der Waals surface area (Å²) in [6.45, 7) is 9.73. The first-order valence-corrected chi connectivity index (χ1v) is 9.14. The van der Waals surface area contributed by atoms with E-state index in [0.29, 0.717) is 13.0 Å². The third-order valence-corrected chi connectivity index (χ3v) is 5.73.